The van der Waals surface area contributed by atoms with Gasteiger partial charge in [0.25, 0.3) is 0 Å². The van der Waals surface area contributed by atoms with Crippen LogP contribution in [0.3, 0.4) is 0 Å². The van der Waals surface area contributed by atoms with Crippen LogP contribution in [0.25, 0.3) is 0 Å². The van der Waals surface area contributed by atoms with E-state index >= 15 is 0 Å². The Labute approximate surface area is 49.4 Å². The van der Waals surface area contributed by atoms with Gasteiger partial charge in [-0.05, 0) is 19.4 Å². The average molecular weight is 112 g/mol. The van der Waals surface area contributed by atoms with Crippen LogP contribution in [0.4, 0.5) is 0 Å². The lowest BCUT2D eigenvalue weighted by molar-refractivity contribution is 0.547. The Morgan fingerprint density at radius 2 is 2.38 bits per heavy atom. The summed E-state index contributed by atoms with van der Waals surface area (Å²) in [6, 6.07) is 0.525. The topological polar surface area (TPSA) is 38.0 Å². The number of nitrogens with two attached hydrogens (primary N) is 1. The Morgan fingerprint density at radius 3 is 2.62 bits per heavy atom. The highest BCUT2D eigenvalue weighted by Crippen LogP contribution is 2.48. The van der Waals surface area contributed by atoms with Crippen molar-refractivity contribution in [3.8, 4) is 0 Å². The van der Waals surface area contributed by atoms with Crippen LogP contribution in [0.1, 0.15) is 12.8 Å². The molecular formula is C6H12N2. The summed E-state index contributed by atoms with van der Waals surface area (Å²) in [5.74, 6) is 0. The third-order valence-electron chi connectivity index (χ3n) is 2.53. The number of hydrogen-bond acceptors (Lipinski definition) is 2. The molecule has 0 radical (unpaired) electrons. The first-order chi connectivity index (χ1) is 3.83. The molecule has 8 heavy (non-hydrogen) atoms. The van der Waals surface area contributed by atoms with Crippen LogP contribution in [-0.2, 0) is 0 Å². The van der Waals surface area contributed by atoms with Crippen molar-refractivity contribution < 1.29 is 0 Å². The van der Waals surface area contributed by atoms with E-state index in [4.69, 9.17) is 5.73 Å². The highest BCUT2D eigenvalue weighted by molar-refractivity contribution is 5.10. The quantitative estimate of drug-likeness (QED) is 0.451. The Morgan fingerprint density at radius 1 is 1.62 bits per heavy atom. The normalized spacial score (nSPS) is 52.9. The maximum absolute atomic E-state index is 5.72. The molecule has 0 bridgehead atoms. The van der Waals surface area contributed by atoms with Crippen molar-refractivity contribution in [3.05, 3.63) is 0 Å². The zero-order chi connectivity index (χ0) is 5.61. The number of rotatable bonds is 0. The molecule has 2 heteroatoms. The Kier molecular flexibility index (Phi) is 0.746. The van der Waals surface area contributed by atoms with Crippen molar-refractivity contribution >= 4 is 0 Å². The first kappa shape index (κ1) is 4.77. The van der Waals surface area contributed by atoms with Gasteiger partial charge in [-0.3, -0.25) is 0 Å². The maximum Gasteiger partial charge on any atom is 0.0115 e. The van der Waals surface area contributed by atoms with Gasteiger partial charge in [-0.25, -0.2) is 0 Å². The summed E-state index contributed by atoms with van der Waals surface area (Å²) in [5.41, 5.74) is 6.29. The smallest absolute Gasteiger partial charge is 0.0115 e. The molecule has 1 spiro atoms. The molecule has 1 heterocycles. The largest absolute Gasteiger partial charge is 0.327 e. The molecule has 0 aromatic heterocycles. The van der Waals surface area contributed by atoms with E-state index < -0.39 is 0 Å². The van der Waals surface area contributed by atoms with E-state index in [1.165, 1.54) is 25.9 Å². The van der Waals surface area contributed by atoms with Crippen molar-refractivity contribution in [2.75, 3.05) is 13.1 Å². The molecule has 1 saturated heterocycles. The molecule has 2 fully saturated rings. The number of nitrogens with one attached hydrogen (secondary N) is 1. The van der Waals surface area contributed by atoms with E-state index in [1.54, 1.807) is 0 Å². The fourth-order valence-corrected chi connectivity index (χ4v) is 1.63. The second-order valence-corrected chi connectivity index (χ2v) is 3.10. The second-order valence-electron chi connectivity index (χ2n) is 3.10. The molecule has 2 aliphatic rings. The van der Waals surface area contributed by atoms with Crippen LogP contribution in [0.2, 0.25) is 0 Å². The summed E-state index contributed by atoms with van der Waals surface area (Å²) < 4.78 is 0. The van der Waals surface area contributed by atoms with E-state index in [-0.39, 0.29) is 0 Å². The Balaban J connectivity index is 2.06. The lowest BCUT2D eigenvalue weighted by Gasteiger charge is -2.00. The predicted octanol–water partition coefficient (Wildman–Crippen LogP) is -0.303. The third kappa shape index (κ3) is 0.446. The molecule has 3 N–H and O–H groups in total. The third-order valence-corrected chi connectivity index (χ3v) is 2.53. The zero-order valence-corrected chi connectivity index (χ0v) is 4.98. The molecule has 1 aliphatic carbocycles. The van der Waals surface area contributed by atoms with Gasteiger partial charge in [0, 0.05) is 18.0 Å². The van der Waals surface area contributed by atoms with Gasteiger partial charge in [-0.15, -0.1) is 0 Å². The van der Waals surface area contributed by atoms with Gasteiger partial charge >= 0.3 is 0 Å². The van der Waals surface area contributed by atoms with Crippen LogP contribution in [0, 0.1) is 5.41 Å². The van der Waals surface area contributed by atoms with Gasteiger partial charge < -0.3 is 11.1 Å². The highest BCUT2D eigenvalue weighted by atomic mass is 15.0. The van der Waals surface area contributed by atoms with Gasteiger partial charge in [0.15, 0.2) is 0 Å². The predicted molar refractivity (Wildman–Crippen MR) is 32.5 cm³/mol. The van der Waals surface area contributed by atoms with Gasteiger partial charge in [0.2, 0.25) is 0 Å². The van der Waals surface area contributed by atoms with E-state index in [0.717, 1.165) is 0 Å². The summed E-state index contributed by atoms with van der Waals surface area (Å²) in [6.07, 6.45) is 2.58. The van der Waals surface area contributed by atoms with Crippen LogP contribution in [-0.4, -0.2) is 19.1 Å². The molecule has 46 valence electrons. The molecule has 0 aromatic carbocycles. The molecule has 1 aliphatic heterocycles. The molecule has 2 nitrogen and oxygen atoms in total. The average Bonchev–Trinajstić information content (AvgIpc) is 2.29. The van der Waals surface area contributed by atoms with Crippen LogP contribution < -0.4 is 11.1 Å². The monoisotopic (exact) mass is 112 g/mol. The molecule has 1 saturated carbocycles. The molecule has 2 atom stereocenters. The van der Waals surface area contributed by atoms with Crippen molar-refractivity contribution in [1.82, 2.24) is 5.32 Å². The van der Waals surface area contributed by atoms with E-state index in [1.807, 2.05) is 0 Å². The molecule has 2 unspecified atom stereocenters. The van der Waals surface area contributed by atoms with Crippen LogP contribution >= 0.6 is 0 Å². The van der Waals surface area contributed by atoms with Gasteiger partial charge in [0.05, 0.1) is 0 Å². The lowest BCUT2D eigenvalue weighted by atomic mass is 10.1. The Hall–Kier alpha value is -0.0800. The van der Waals surface area contributed by atoms with Crippen molar-refractivity contribution in [2.24, 2.45) is 11.1 Å². The first-order valence-corrected chi connectivity index (χ1v) is 3.30. The van der Waals surface area contributed by atoms with Crippen LogP contribution in [0.5, 0.6) is 0 Å². The van der Waals surface area contributed by atoms with Gasteiger partial charge in [0.1, 0.15) is 0 Å². The molecule has 0 aromatic rings. The van der Waals surface area contributed by atoms with Crippen molar-refractivity contribution in [3.63, 3.8) is 0 Å². The minimum Gasteiger partial charge on any atom is -0.327 e. The van der Waals surface area contributed by atoms with Gasteiger partial charge in [-0.1, -0.05) is 0 Å². The van der Waals surface area contributed by atoms with Crippen LogP contribution in [0.15, 0.2) is 0 Å². The summed E-state index contributed by atoms with van der Waals surface area (Å²) in [4.78, 5) is 0. The van der Waals surface area contributed by atoms with Crippen molar-refractivity contribution in [2.45, 2.75) is 18.9 Å². The second kappa shape index (κ2) is 1.25. The molecular weight excluding hydrogens is 100 g/mol. The minimum atomic E-state index is 0.525. The van der Waals surface area contributed by atoms with Crippen molar-refractivity contribution in [1.29, 1.82) is 0 Å². The fraction of sp³-hybridized carbons (Fsp3) is 1.00. The summed E-state index contributed by atoms with van der Waals surface area (Å²) in [7, 11) is 0. The summed E-state index contributed by atoms with van der Waals surface area (Å²) in [6.45, 7) is 2.36. The Bertz CT molecular complexity index is 105. The SMILES string of the molecule is NC1CC12CCNC2. The van der Waals surface area contributed by atoms with E-state index in [0.29, 0.717) is 11.5 Å². The summed E-state index contributed by atoms with van der Waals surface area (Å²) in [5, 5.41) is 3.33. The standard InChI is InChI=1S/C6H12N2/c7-5-3-6(5)1-2-8-4-6/h5,8H,1-4,7H2. The first-order valence-electron chi connectivity index (χ1n) is 3.30. The molecule has 0 amide bonds. The zero-order valence-electron chi connectivity index (χ0n) is 4.98. The molecule has 2 rings (SSSR count). The highest BCUT2D eigenvalue weighted by Gasteiger charge is 2.52. The van der Waals surface area contributed by atoms with E-state index in [9.17, 15) is 0 Å². The van der Waals surface area contributed by atoms with E-state index in [2.05, 4.69) is 5.32 Å². The van der Waals surface area contributed by atoms with Gasteiger partial charge in [-0.2, -0.15) is 0 Å². The number of hydrogen-bond donors (Lipinski definition) is 2. The summed E-state index contributed by atoms with van der Waals surface area (Å²) >= 11 is 0. The fourth-order valence-electron chi connectivity index (χ4n) is 1.63. The maximum atomic E-state index is 5.72. The minimum absolute atomic E-state index is 0.525. The lowest BCUT2D eigenvalue weighted by Crippen LogP contribution is -2.16.